The van der Waals surface area contributed by atoms with Crippen LogP contribution in [0.15, 0.2) is 11.4 Å². The van der Waals surface area contributed by atoms with Gasteiger partial charge in [-0.1, -0.05) is 13.3 Å². The van der Waals surface area contributed by atoms with Crippen LogP contribution in [0.3, 0.4) is 0 Å². The maximum Gasteiger partial charge on any atom is 0.0616 e. The van der Waals surface area contributed by atoms with Crippen LogP contribution in [-0.4, -0.2) is 19.8 Å². The molecule has 0 saturated heterocycles. The van der Waals surface area contributed by atoms with Crippen LogP contribution in [0.5, 0.6) is 0 Å². The van der Waals surface area contributed by atoms with Crippen molar-refractivity contribution >= 4 is 11.3 Å². The van der Waals surface area contributed by atoms with Gasteiger partial charge in [0.15, 0.2) is 0 Å². The lowest BCUT2D eigenvalue weighted by Crippen LogP contribution is -2.37. The molecule has 1 heterocycles. The molecule has 0 fully saturated rings. The predicted octanol–water partition coefficient (Wildman–Crippen LogP) is 3.53. The van der Waals surface area contributed by atoms with Gasteiger partial charge in [-0.05, 0) is 42.7 Å². The number of rotatable bonds is 6. The van der Waals surface area contributed by atoms with Crippen LogP contribution < -0.4 is 5.32 Å². The Morgan fingerprint density at radius 1 is 1.59 bits per heavy atom. The van der Waals surface area contributed by atoms with Crippen molar-refractivity contribution in [2.24, 2.45) is 0 Å². The lowest BCUT2D eigenvalue weighted by atomic mass is 9.93. The molecule has 0 spiro atoms. The topological polar surface area (TPSA) is 21.3 Å². The molecule has 96 valence electrons. The molecule has 0 saturated carbocycles. The fourth-order valence-corrected chi connectivity index (χ4v) is 3.70. The largest absolute Gasteiger partial charge is 0.383 e. The van der Waals surface area contributed by atoms with Crippen molar-refractivity contribution in [2.45, 2.75) is 51.1 Å². The van der Waals surface area contributed by atoms with Gasteiger partial charge in [0.25, 0.3) is 0 Å². The molecule has 0 aliphatic heterocycles. The van der Waals surface area contributed by atoms with Crippen molar-refractivity contribution < 1.29 is 4.74 Å². The van der Waals surface area contributed by atoms with Gasteiger partial charge in [-0.15, -0.1) is 11.3 Å². The first-order valence-corrected chi connectivity index (χ1v) is 7.54. The molecule has 2 atom stereocenters. The van der Waals surface area contributed by atoms with Gasteiger partial charge >= 0.3 is 0 Å². The van der Waals surface area contributed by atoms with E-state index < -0.39 is 0 Å². The Morgan fingerprint density at radius 3 is 3.24 bits per heavy atom. The first-order chi connectivity index (χ1) is 8.35. The van der Waals surface area contributed by atoms with E-state index in [-0.39, 0.29) is 0 Å². The summed E-state index contributed by atoms with van der Waals surface area (Å²) in [6.45, 7) is 3.06. The van der Waals surface area contributed by atoms with Crippen molar-refractivity contribution in [3.8, 4) is 0 Å². The van der Waals surface area contributed by atoms with Crippen molar-refractivity contribution in [1.29, 1.82) is 0 Å². The van der Waals surface area contributed by atoms with Gasteiger partial charge < -0.3 is 10.1 Å². The van der Waals surface area contributed by atoms with Crippen LogP contribution in [0, 0.1) is 0 Å². The Bertz CT molecular complexity index is 331. The lowest BCUT2D eigenvalue weighted by Gasteiger charge is -2.28. The van der Waals surface area contributed by atoms with Crippen LogP contribution in [0.2, 0.25) is 0 Å². The minimum atomic E-state index is 0.501. The number of nitrogens with one attached hydrogen (secondary N) is 1. The Kier molecular flexibility index (Phi) is 5.01. The molecule has 0 amide bonds. The summed E-state index contributed by atoms with van der Waals surface area (Å²) in [5.74, 6) is 0. The van der Waals surface area contributed by atoms with Gasteiger partial charge in [0.1, 0.15) is 0 Å². The predicted molar refractivity (Wildman–Crippen MR) is 73.7 cm³/mol. The number of fused-ring (bicyclic) bond motifs is 1. The number of thiophene rings is 1. The van der Waals surface area contributed by atoms with E-state index in [1.807, 2.05) is 11.3 Å². The highest BCUT2D eigenvalue weighted by Crippen LogP contribution is 2.33. The van der Waals surface area contributed by atoms with Gasteiger partial charge in [0.2, 0.25) is 0 Å². The highest BCUT2D eigenvalue weighted by Gasteiger charge is 2.23. The maximum atomic E-state index is 5.31. The molecule has 3 heteroatoms. The molecular formula is C14H23NOS. The Hall–Kier alpha value is -0.380. The zero-order valence-electron chi connectivity index (χ0n) is 10.9. The molecule has 1 aromatic heterocycles. The van der Waals surface area contributed by atoms with E-state index in [9.17, 15) is 0 Å². The normalized spacial score (nSPS) is 21.2. The minimum Gasteiger partial charge on any atom is -0.383 e. The highest BCUT2D eigenvalue weighted by atomic mass is 32.1. The monoisotopic (exact) mass is 253 g/mol. The molecule has 1 aromatic rings. The third kappa shape index (κ3) is 3.30. The molecule has 1 N–H and O–H groups in total. The first-order valence-electron chi connectivity index (χ1n) is 6.66. The number of hydrogen-bond acceptors (Lipinski definition) is 3. The van der Waals surface area contributed by atoms with Gasteiger partial charge in [-0.3, -0.25) is 0 Å². The van der Waals surface area contributed by atoms with Crippen LogP contribution in [0.1, 0.15) is 49.1 Å². The third-order valence-electron chi connectivity index (χ3n) is 3.49. The molecule has 1 aliphatic rings. The summed E-state index contributed by atoms with van der Waals surface area (Å²) in [7, 11) is 1.79. The van der Waals surface area contributed by atoms with E-state index in [1.54, 1.807) is 17.6 Å². The quantitative estimate of drug-likeness (QED) is 0.837. The summed E-state index contributed by atoms with van der Waals surface area (Å²) in [5.41, 5.74) is 1.54. The van der Waals surface area contributed by atoms with Crippen LogP contribution in [0.4, 0.5) is 0 Å². The Balaban J connectivity index is 1.99. The zero-order chi connectivity index (χ0) is 12.1. The molecular weight excluding hydrogens is 230 g/mol. The summed E-state index contributed by atoms with van der Waals surface area (Å²) in [5, 5.41) is 6.01. The maximum absolute atomic E-state index is 5.31. The van der Waals surface area contributed by atoms with Crippen molar-refractivity contribution in [2.75, 3.05) is 13.7 Å². The van der Waals surface area contributed by atoms with Gasteiger partial charge in [-0.2, -0.15) is 0 Å². The molecule has 2 nitrogen and oxygen atoms in total. The Labute approximate surface area is 108 Å². The molecule has 2 unspecified atom stereocenters. The number of hydrogen-bond donors (Lipinski definition) is 1. The second kappa shape index (κ2) is 6.53. The van der Waals surface area contributed by atoms with E-state index in [1.165, 1.54) is 32.1 Å². The average molecular weight is 253 g/mol. The minimum absolute atomic E-state index is 0.501. The van der Waals surface area contributed by atoms with Crippen molar-refractivity contribution in [3.63, 3.8) is 0 Å². The fraction of sp³-hybridized carbons (Fsp3) is 0.714. The SMILES string of the molecule is CCCC(COC)NC1CCCc2sccc21. The second-order valence-corrected chi connectivity index (χ2v) is 5.85. The number of aryl methyl sites for hydroxylation is 1. The summed E-state index contributed by atoms with van der Waals surface area (Å²) >= 11 is 1.91. The Morgan fingerprint density at radius 2 is 2.47 bits per heavy atom. The van der Waals surface area contributed by atoms with Crippen molar-refractivity contribution in [3.05, 3.63) is 21.9 Å². The van der Waals surface area contributed by atoms with E-state index in [4.69, 9.17) is 4.74 Å². The zero-order valence-corrected chi connectivity index (χ0v) is 11.7. The van der Waals surface area contributed by atoms with Gasteiger partial charge in [-0.25, -0.2) is 0 Å². The van der Waals surface area contributed by atoms with Crippen molar-refractivity contribution in [1.82, 2.24) is 5.32 Å². The van der Waals surface area contributed by atoms with Gasteiger partial charge in [0, 0.05) is 24.1 Å². The van der Waals surface area contributed by atoms with E-state index >= 15 is 0 Å². The smallest absolute Gasteiger partial charge is 0.0616 e. The van der Waals surface area contributed by atoms with E-state index in [0.717, 1.165) is 6.61 Å². The number of methoxy groups -OCH3 is 1. The summed E-state index contributed by atoms with van der Waals surface area (Å²) < 4.78 is 5.31. The van der Waals surface area contributed by atoms with E-state index in [0.29, 0.717) is 12.1 Å². The van der Waals surface area contributed by atoms with Crippen LogP contribution in [-0.2, 0) is 11.2 Å². The fourth-order valence-electron chi connectivity index (χ4n) is 2.71. The first kappa shape index (κ1) is 13.1. The second-order valence-electron chi connectivity index (χ2n) is 4.85. The van der Waals surface area contributed by atoms with Crippen LogP contribution in [0.25, 0.3) is 0 Å². The van der Waals surface area contributed by atoms with Crippen LogP contribution >= 0.6 is 11.3 Å². The molecule has 0 bridgehead atoms. The summed E-state index contributed by atoms with van der Waals surface area (Å²) in [6.07, 6.45) is 6.27. The molecule has 0 aromatic carbocycles. The van der Waals surface area contributed by atoms with E-state index in [2.05, 4.69) is 23.7 Å². The summed E-state index contributed by atoms with van der Waals surface area (Å²) in [4.78, 5) is 1.58. The molecule has 17 heavy (non-hydrogen) atoms. The van der Waals surface area contributed by atoms with Gasteiger partial charge in [0.05, 0.1) is 6.61 Å². The standard InChI is InChI=1S/C14H23NOS/c1-3-5-11(10-16-2)15-13-6-4-7-14-12(13)8-9-17-14/h8-9,11,13,15H,3-7,10H2,1-2H3. The third-order valence-corrected chi connectivity index (χ3v) is 4.49. The highest BCUT2D eigenvalue weighted by molar-refractivity contribution is 7.10. The molecule has 1 aliphatic carbocycles. The number of ether oxygens (including phenoxy) is 1. The molecule has 2 rings (SSSR count). The lowest BCUT2D eigenvalue weighted by molar-refractivity contribution is 0.154. The molecule has 0 radical (unpaired) electrons. The average Bonchev–Trinajstić information content (AvgIpc) is 2.79. The summed E-state index contributed by atoms with van der Waals surface area (Å²) in [6, 6.07) is 3.35.